The van der Waals surface area contributed by atoms with Crippen LogP contribution in [0.25, 0.3) is 0 Å². The minimum atomic E-state index is -0.0786. The first kappa shape index (κ1) is 12.4. The number of morpholine rings is 1. The molecule has 0 bridgehead atoms. The molecule has 1 atom stereocenters. The molecule has 0 radical (unpaired) electrons. The molecule has 1 aliphatic heterocycles. The van der Waals surface area contributed by atoms with E-state index in [0.29, 0.717) is 25.3 Å². The van der Waals surface area contributed by atoms with E-state index in [4.69, 9.17) is 10.00 Å². The summed E-state index contributed by atoms with van der Waals surface area (Å²) in [5.41, 5.74) is 1.47. The van der Waals surface area contributed by atoms with Gasteiger partial charge in [0.1, 0.15) is 6.07 Å². The van der Waals surface area contributed by atoms with Gasteiger partial charge in [-0.15, -0.1) is 0 Å². The highest BCUT2D eigenvalue weighted by molar-refractivity contribution is 9.10. The van der Waals surface area contributed by atoms with Crippen molar-refractivity contribution in [2.24, 2.45) is 0 Å². The highest BCUT2D eigenvalue weighted by Gasteiger charge is 2.24. The average Bonchev–Trinajstić information content (AvgIpc) is 2.38. The highest BCUT2D eigenvalue weighted by Crippen LogP contribution is 2.27. The SMILES string of the molecule is N#Cc1ccc(Br)cc1N1CCOCC1CO. The van der Waals surface area contributed by atoms with Crippen molar-refractivity contribution in [2.45, 2.75) is 6.04 Å². The zero-order chi connectivity index (χ0) is 12.3. The summed E-state index contributed by atoms with van der Waals surface area (Å²) < 4.78 is 6.26. The number of hydrogen-bond acceptors (Lipinski definition) is 4. The predicted octanol–water partition coefficient (Wildman–Crippen LogP) is 1.52. The third-order valence-corrected chi connectivity index (χ3v) is 3.32. The predicted molar refractivity (Wildman–Crippen MR) is 67.9 cm³/mol. The van der Waals surface area contributed by atoms with Crippen LogP contribution in [-0.4, -0.2) is 37.5 Å². The Morgan fingerprint density at radius 3 is 3.12 bits per heavy atom. The third-order valence-electron chi connectivity index (χ3n) is 2.83. The number of aliphatic hydroxyl groups excluding tert-OH is 1. The van der Waals surface area contributed by atoms with E-state index in [0.717, 1.165) is 10.2 Å². The molecule has 1 aliphatic rings. The summed E-state index contributed by atoms with van der Waals surface area (Å²) in [5, 5.41) is 18.5. The van der Waals surface area contributed by atoms with Crippen LogP contribution in [0, 0.1) is 11.3 Å². The molecule has 1 heterocycles. The van der Waals surface area contributed by atoms with E-state index in [1.54, 1.807) is 6.07 Å². The van der Waals surface area contributed by atoms with Gasteiger partial charge in [-0.25, -0.2) is 0 Å². The summed E-state index contributed by atoms with van der Waals surface area (Å²) in [6, 6.07) is 7.64. The van der Waals surface area contributed by atoms with Gasteiger partial charge < -0.3 is 14.7 Å². The second-order valence-electron chi connectivity index (χ2n) is 3.88. The average molecular weight is 297 g/mol. The van der Waals surface area contributed by atoms with Crippen molar-refractivity contribution in [3.8, 4) is 6.07 Å². The maximum Gasteiger partial charge on any atom is 0.101 e. The summed E-state index contributed by atoms with van der Waals surface area (Å²) in [5.74, 6) is 0. The number of aliphatic hydroxyl groups is 1. The molecule has 1 unspecified atom stereocenters. The fraction of sp³-hybridized carbons (Fsp3) is 0.417. The smallest absolute Gasteiger partial charge is 0.101 e. The number of nitriles is 1. The molecule has 0 aromatic heterocycles. The van der Waals surface area contributed by atoms with Crippen molar-refractivity contribution >= 4 is 21.6 Å². The quantitative estimate of drug-likeness (QED) is 0.899. The van der Waals surface area contributed by atoms with E-state index in [9.17, 15) is 5.11 Å². The van der Waals surface area contributed by atoms with Gasteiger partial charge in [0.2, 0.25) is 0 Å². The van der Waals surface area contributed by atoms with Crippen LogP contribution in [0.1, 0.15) is 5.56 Å². The molecule has 0 aliphatic carbocycles. The van der Waals surface area contributed by atoms with Crippen LogP contribution < -0.4 is 4.90 Å². The van der Waals surface area contributed by atoms with Crippen LogP contribution in [0.5, 0.6) is 0 Å². The van der Waals surface area contributed by atoms with Gasteiger partial charge in [0, 0.05) is 11.0 Å². The Balaban J connectivity index is 2.37. The molecule has 0 amide bonds. The molecular formula is C12H13BrN2O2. The number of hydrogen-bond donors (Lipinski definition) is 1. The van der Waals surface area contributed by atoms with Crippen molar-refractivity contribution in [2.75, 3.05) is 31.3 Å². The summed E-state index contributed by atoms with van der Waals surface area (Å²) in [7, 11) is 0. The molecule has 17 heavy (non-hydrogen) atoms. The number of halogens is 1. The van der Waals surface area contributed by atoms with Gasteiger partial charge in [-0.1, -0.05) is 15.9 Å². The summed E-state index contributed by atoms with van der Waals surface area (Å²) in [6.07, 6.45) is 0. The van der Waals surface area contributed by atoms with Crippen molar-refractivity contribution in [3.05, 3.63) is 28.2 Å². The minimum Gasteiger partial charge on any atom is -0.394 e. The molecule has 1 aromatic carbocycles. The van der Waals surface area contributed by atoms with Crippen molar-refractivity contribution < 1.29 is 9.84 Å². The molecular weight excluding hydrogens is 284 g/mol. The lowest BCUT2D eigenvalue weighted by atomic mass is 10.1. The fourth-order valence-corrected chi connectivity index (χ4v) is 2.31. The van der Waals surface area contributed by atoms with E-state index in [-0.39, 0.29) is 12.6 Å². The second kappa shape index (κ2) is 5.50. The summed E-state index contributed by atoms with van der Waals surface area (Å²) in [4.78, 5) is 2.03. The van der Waals surface area contributed by atoms with E-state index in [1.165, 1.54) is 0 Å². The number of anilines is 1. The fourth-order valence-electron chi connectivity index (χ4n) is 1.96. The zero-order valence-corrected chi connectivity index (χ0v) is 10.9. The van der Waals surface area contributed by atoms with E-state index in [1.807, 2.05) is 17.0 Å². The Bertz CT molecular complexity index is 445. The summed E-state index contributed by atoms with van der Waals surface area (Å²) >= 11 is 3.40. The molecule has 1 aromatic rings. The van der Waals surface area contributed by atoms with Crippen LogP contribution in [0.15, 0.2) is 22.7 Å². The minimum absolute atomic E-state index is 0.0252. The molecule has 0 spiro atoms. The zero-order valence-electron chi connectivity index (χ0n) is 9.27. The van der Waals surface area contributed by atoms with Crippen LogP contribution in [-0.2, 0) is 4.74 Å². The van der Waals surface area contributed by atoms with Crippen LogP contribution >= 0.6 is 15.9 Å². The Morgan fingerprint density at radius 2 is 2.41 bits per heavy atom. The molecule has 4 nitrogen and oxygen atoms in total. The number of nitrogens with zero attached hydrogens (tertiary/aromatic N) is 2. The molecule has 2 rings (SSSR count). The Kier molecular flexibility index (Phi) is 4.00. The normalized spacial score (nSPS) is 20.1. The molecule has 1 saturated heterocycles. The molecule has 1 fully saturated rings. The van der Waals surface area contributed by atoms with Gasteiger partial charge in [-0.05, 0) is 18.2 Å². The molecule has 1 N–H and O–H groups in total. The van der Waals surface area contributed by atoms with Gasteiger partial charge in [0.05, 0.1) is 37.1 Å². The Hall–Kier alpha value is -1.09. The van der Waals surface area contributed by atoms with Gasteiger partial charge in [0.25, 0.3) is 0 Å². The maximum atomic E-state index is 9.34. The van der Waals surface area contributed by atoms with Crippen molar-refractivity contribution in [1.29, 1.82) is 5.26 Å². The number of ether oxygens (including phenoxy) is 1. The van der Waals surface area contributed by atoms with E-state index >= 15 is 0 Å². The first-order valence-electron chi connectivity index (χ1n) is 5.41. The van der Waals surface area contributed by atoms with Crippen LogP contribution in [0.3, 0.4) is 0 Å². The maximum absolute atomic E-state index is 9.34. The monoisotopic (exact) mass is 296 g/mol. The lowest BCUT2D eigenvalue weighted by Gasteiger charge is -2.36. The number of benzene rings is 1. The second-order valence-corrected chi connectivity index (χ2v) is 4.79. The summed E-state index contributed by atoms with van der Waals surface area (Å²) in [6.45, 7) is 1.83. The highest BCUT2D eigenvalue weighted by atomic mass is 79.9. The lowest BCUT2D eigenvalue weighted by molar-refractivity contribution is 0.0727. The van der Waals surface area contributed by atoms with Crippen LogP contribution in [0.4, 0.5) is 5.69 Å². The molecule has 90 valence electrons. The topological polar surface area (TPSA) is 56.5 Å². The van der Waals surface area contributed by atoms with Gasteiger partial charge in [-0.3, -0.25) is 0 Å². The van der Waals surface area contributed by atoms with Gasteiger partial charge >= 0.3 is 0 Å². The third kappa shape index (κ3) is 2.60. The van der Waals surface area contributed by atoms with Gasteiger partial charge in [-0.2, -0.15) is 5.26 Å². The van der Waals surface area contributed by atoms with E-state index in [2.05, 4.69) is 22.0 Å². The first-order valence-corrected chi connectivity index (χ1v) is 6.20. The molecule has 0 saturated carbocycles. The van der Waals surface area contributed by atoms with Gasteiger partial charge in [0.15, 0.2) is 0 Å². The van der Waals surface area contributed by atoms with Crippen molar-refractivity contribution in [1.82, 2.24) is 0 Å². The Morgan fingerprint density at radius 1 is 1.59 bits per heavy atom. The van der Waals surface area contributed by atoms with Crippen molar-refractivity contribution in [3.63, 3.8) is 0 Å². The molecule has 5 heteroatoms. The standard InChI is InChI=1S/C12H13BrN2O2/c13-10-2-1-9(6-14)12(5-10)15-3-4-17-8-11(15)7-16/h1-2,5,11,16H,3-4,7-8H2. The Labute approximate surface area is 109 Å². The van der Waals surface area contributed by atoms with E-state index < -0.39 is 0 Å². The first-order chi connectivity index (χ1) is 8.26. The number of rotatable bonds is 2. The lowest BCUT2D eigenvalue weighted by Crippen LogP contribution is -2.48. The van der Waals surface area contributed by atoms with Crippen LogP contribution in [0.2, 0.25) is 0 Å². The largest absolute Gasteiger partial charge is 0.394 e.